The second-order valence-electron chi connectivity index (χ2n) is 4.37. The number of aromatic nitrogens is 2. The van der Waals surface area contributed by atoms with Gasteiger partial charge in [0.2, 0.25) is 0 Å². The molecule has 6 heteroatoms. The Kier molecular flexibility index (Phi) is 3.90. The first-order chi connectivity index (χ1) is 8.99. The molecule has 100 valence electrons. The van der Waals surface area contributed by atoms with Crippen molar-refractivity contribution in [1.29, 1.82) is 0 Å². The number of benzene rings is 1. The molecular formula is C13H14BrN3O2. The largest absolute Gasteiger partial charge is 0.507 e. The molecule has 0 spiro atoms. The van der Waals surface area contributed by atoms with E-state index in [4.69, 9.17) is 0 Å². The van der Waals surface area contributed by atoms with Crippen LogP contribution in [-0.2, 0) is 0 Å². The van der Waals surface area contributed by atoms with E-state index in [1.165, 1.54) is 6.07 Å². The Morgan fingerprint density at radius 1 is 1.42 bits per heavy atom. The molecule has 0 aliphatic carbocycles. The predicted molar refractivity (Wildman–Crippen MR) is 76.4 cm³/mol. The summed E-state index contributed by atoms with van der Waals surface area (Å²) in [5, 5.41) is 16.6. The molecule has 1 amide bonds. The average Bonchev–Trinajstić information content (AvgIpc) is 2.80. The number of carbonyl (C=O) groups excluding carboxylic acids is 1. The molecule has 0 atom stereocenters. The number of anilines is 1. The molecule has 0 radical (unpaired) electrons. The van der Waals surface area contributed by atoms with Gasteiger partial charge in [0, 0.05) is 16.6 Å². The van der Waals surface area contributed by atoms with Gasteiger partial charge < -0.3 is 10.4 Å². The van der Waals surface area contributed by atoms with E-state index in [1.54, 1.807) is 29.1 Å². The van der Waals surface area contributed by atoms with E-state index in [1.807, 2.05) is 13.8 Å². The number of hydrogen-bond donors (Lipinski definition) is 2. The highest BCUT2D eigenvalue weighted by Gasteiger charge is 2.14. The lowest BCUT2D eigenvalue weighted by Crippen LogP contribution is -2.16. The van der Waals surface area contributed by atoms with Crippen LogP contribution in [-0.4, -0.2) is 20.8 Å². The lowest BCUT2D eigenvalue weighted by Gasteiger charge is -2.12. The van der Waals surface area contributed by atoms with E-state index in [2.05, 4.69) is 26.3 Å². The van der Waals surface area contributed by atoms with Crippen LogP contribution in [0, 0.1) is 0 Å². The van der Waals surface area contributed by atoms with Crippen LogP contribution in [0.25, 0.3) is 0 Å². The SMILES string of the molecule is CC(C)n1nccc1NC(=O)c1cc(Br)ccc1O. The summed E-state index contributed by atoms with van der Waals surface area (Å²) in [6.07, 6.45) is 1.62. The summed E-state index contributed by atoms with van der Waals surface area (Å²) in [6, 6.07) is 6.57. The van der Waals surface area contributed by atoms with Crippen LogP contribution in [0.5, 0.6) is 5.75 Å². The van der Waals surface area contributed by atoms with Crippen molar-refractivity contribution < 1.29 is 9.90 Å². The van der Waals surface area contributed by atoms with Crippen LogP contribution in [0.3, 0.4) is 0 Å². The number of aromatic hydroxyl groups is 1. The third-order valence-electron chi connectivity index (χ3n) is 2.60. The first-order valence-corrected chi connectivity index (χ1v) is 6.61. The van der Waals surface area contributed by atoms with E-state index in [0.717, 1.165) is 4.47 Å². The maximum absolute atomic E-state index is 12.1. The molecule has 2 rings (SSSR count). The molecule has 1 aromatic heterocycles. The molecular weight excluding hydrogens is 310 g/mol. The highest BCUT2D eigenvalue weighted by Crippen LogP contribution is 2.23. The van der Waals surface area contributed by atoms with Gasteiger partial charge in [-0.15, -0.1) is 0 Å². The van der Waals surface area contributed by atoms with Crippen molar-refractivity contribution in [2.75, 3.05) is 5.32 Å². The van der Waals surface area contributed by atoms with Gasteiger partial charge in [0.15, 0.2) is 0 Å². The Balaban J connectivity index is 2.26. The van der Waals surface area contributed by atoms with Gasteiger partial charge in [-0.1, -0.05) is 15.9 Å². The fraction of sp³-hybridized carbons (Fsp3) is 0.231. The number of carbonyl (C=O) groups is 1. The summed E-state index contributed by atoms with van der Waals surface area (Å²) < 4.78 is 2.43. The van der Waals surface area contributed by atoms with Gasteiger partial charge in [0.1, 0.15) is 11.6 Å². The molecule has 0 aliphatic rings. The number of rotatable bonds is 3. The number of nitrogens with one attached hydrogen (secondary N) is 1. The number of halogens is 1. The molecule has 1 heterocycles. The van der Waals surface area contributed by atoms with Crippen LogP contribution in [0.1, 0.15) is 30.2 Å². The minimum Gasteiger partial charge on any atom is -0.507 e. The Bertz CT molecular complexity index is 608. The number of phenolic OH excluding ortho intramolecular Hbond substituents is 1. The maximum Gasteiger partial charge on any atom is 0.260 e. The highest BCUT2D eigenvalue weighted by molar-refractivity contribution is 9.10. The van der Waals surface area contributed by atoms with Gasteiger partial charge in [-0.05, 0) is 32.0 Å². The standard InChI is InChI=1S/C13H14BrN3O2/c1-8(2)17-12(5-6-15-17)16-13(19)10-7-9(14)3-4-11(10)18/h3-8,18H,1-2H3,(H,16,19). The van der Waals surface area contributed by atoms with Gasteiger partial charge in [0.25, 0.3) is 5.91 Å². The molecule has 0 bridgehead atoms. The Hall–Kier alpha value is -1.82. The zero-order valence-electron chi connectivity index (χ0n) is 10.6. The monoisotopic (exact) mass is 323 g/mol. The summed E-state index contributed by atoms with van der Waals surface area (Å²) in [7, 11) is 0. The van der Waals surface area contributed by atoms with Gasteiger partial charge in [-0.2, -0.15) is 5.10 Å². The van der Waals surface area contributed by atoms with E-state index < -0.39 is 0 Å². The molecule has 0 aliphatic heterocycles. The molecule has 2 aromatic rings. The zero-order valence-corrected chi connectivity index (χ0v) is 12.2. The number of amides is 1. The third kappa shape index (κ3) is 2.96. The van der Waals surface area contributed by atoms with Crippen molar-refractivity contribution in [3.05, 3.63) is 40.5 Å². The van der Waals surface area contributed by atoms with Crippen molar-refractivity contribution in [1.82, 2.24) is 9.78 Å². The Morgan fingerprint density at radius 2 is 2.16 bits per heavy atom. The Morgan fingerprint density at radius 3 is 2.84 bits per heavy atom. The lowest BCUT2D eigenvalue weighted by atomic mass is 10.2. The molecule has 0 saturated carbocycles. The zero-order chi connectivity index (χ0) is 14.0. The summed E-state index contributed by atoms with van der Waals surface area (Å²) in [5.41, 5.74) is 0.214. The molecule has 0 unspecified atom stereocenters. The maximum atomic E-state index is 12.1. The van der Waals surface area contributed by atoms with Crippen LogP contribution in [0.15, 0.2) is 34.9 Å². The normalized spacial score (nSPS) is 10.7. The van der Waals surface area contributed by atoms with Crippen LogP contribution < -0.4 is 5.32 Å². The number of phenols is 1. The van der Waals surface area contributed by atoms with Crippen LogP contribution >= 0.6 is 15.9 Å². The number of hydrogen-bond acceptors (Lipinski definition) is 3. The predicted octanol–water partition coefficient (Wildman–Crippen LogP) is 3.18. The molecule has 1 aromatic carbocycles. The van der Waals surface area contributed by atoms with E-state index in [0.29, 0.717) is 5.82 Å². The highest BCUT2D eigenvalue weighted by atomic mass is 79.9. The van der Waals surface area contributed by atoms with E-state index in [-0.39, 0.29) is 23.3 Å². The van der Waals surface area contributed by atoms with E-state index >= 15 is 0 Å². The smallest absolute Gasteiger partial charge is 0.260 e. The molecule has 19 heavy (non-hydrogen) atoms. The first kappa shape index (κ1) is 13.6. The van der Waals surface area contributed by atoms with Crippen molar-refractivity contribution in [3.63, 3.8) is 0 Å². The van der Waals surface area contributed by atoms with E-state index in [9.17, 15) is 9.90 Å². The van der Waals surface area contributed by atoms with Crippen LogP contribution in [0.4, 0.5) is 5.82 Å². The third-order valence-corrected chi connectivity index (χ3v) is 3.10. The van der Waals surface area contributed by atoms with Crippen LogP contribution in [0.2, 0.25) is 0 Å². The van der Waals surface area contributed by atoms with Gasteiger partial charge >= 0.3 is 0 Å². The summed E-state index contributed by atoms with van der Waals surface area (Å²) in [4.78, 5) is 12.1. The Labute approximate surface area is 119 Å². The van der Waals surface area contributed by atoms with Crippen molar-refractivity contribution >= 4 is 27.7 Å². The molecule has 2 N–H and O–H groups in total. The average molecular weight is 324 g/mol. The number of nitrogens with zero attached hydrogens (tertiary/aromatic N) is 2. The minimum atomic E-state index is -0.374. The first-order valence-electron chi connectivity index (χ1n) is 5.82. The van der Waals surface area contributed by atoms with Gasteiger partial charge in [-0.25, -0.2) is 4.68 Å². The summed E-state index contributed by atoms with van der Waals surface area (Å²) in [6.45, 7) is 3.94. The summed E-state index contributed by atoms with van der Waals surface area (Å²) >= 11 is 3.27. The van der Waals surface area contributed by atoms with Gasteiger partial charge in [0.05, 0.1) is 11.8 Å². The molecule has 0 saturated heterocycles. The lowest BCUT2D eigenvalue weighted by molar-refractivity contribution is 0.102. The topological polar surface area (TPSA) is 67.2 Å². The second-order valence-corrected chi connectivity index (χ2v) is 5.29. The van der Waals surface area contributed by atoms with Gasteiger partial charge in [-0.3, -0.25) is 4.79 Å². The summed E-state index contributed by atoms with van der Waals surface area (Å²) in [5.74, 6) is 0.164. The van der Waals surface area contributed by atoms with Crippen molar-refractivity contribution in [3.8, 4) is 5.75 Å². The van der Waals surface area contributed by atoms with Crippen molar-refractivity contribution in [2.24, 2.45) is 0 Å². The molecule has 5 nitrogen and oxygen atoms in total. The fourth-order valence-electron chi connectivity index (χ4n) is 1.70. The quantitative estimate of drug-likeness (QED) is 0.911. The second kappa shape index (κ2) is 5.44. The van der Waals surface area contributed by atoms with Crippen molar-refractivity contribution in [2.45, 2.75) is 19.9 Å². The fourth-order valence-corrected chi connectivity index (χ4v) is 2.06. The minimum absolute atomic E-state index is 0.0590. The molecule has 0 fully saturated rings.